The third-order valence-electron chi connectivity index (χ3n) is 1.47. The standard InChI is InChI=1S/C8H13ClN4O/c1-2-14-4-3-11-7-5-6(9)12-8(10)13-7/h5H,2-4H2,1H3,(H3,10,11,12,13). The zero-order chi connectivity index (χ0) is 10.4. The summed E-state index contributed by atoms with van der Waals surface area (Å²) in [5, 5.41) is 3.35. The van der Waals surface area contributed by atoms with E-state index in [-0.39, 0.29) is 5.95 Å². The van der Waals surface area contributed by atoms with Crippen LogP contribution in [0.25, 0.3) is 0 Å². The fourth-order valence-electron chi connectivity index (χ4n) is 0.921. The Kier molecular flexibility index (Phi) is 4.42. The van der Waals surface area contributed by atoms with Gasteiger partial charge >= 0.3 is 0 Å². The molecule has 0 aliphatic carbocycles. The molecule has 14 heavy (non-hydrogen) atoms. The van der Waals surface area contributed by atoms with E-state index in [2.05, 4.69) is 15.3 Å². The predicted molar refractivity (Wildman–Crippen MR) is 56.4 cm³/mol. The molecule has 0 bridgehead atoms. The number of aromatic nitrogens is 2. The zero-order valence-corrected chi connectivity index (χ0v) is 8.71. The number of ether oxygens (including phenoxy) is 1. The van der Waals surface area contributed by atoms with Gasteiger partial charge in [0.1, 0.15) is 11.0 Å². The van der Waals surface area contributed by atoms with E-state index < -0.39 is 0 Å². The molecule has 0 amide bonds. The van der Waals surface area contributed by atoms with Crippen molar-refractivity contribution in [2.45, 2.75) is 6.92 Å². The zero-order valence-electron chi connectivity index (χ0n) is 7.96. The lowest BCUT2D eigenvalue weighted by Crippen LogP contribution is -2.11. The van der Waals surface area contributed by atoms with Crippen molar-refractivity contribution in [3.63, 3.8) is 0 Å². The van der Waals surface area contributed by atoms with Gasteiger partial charge in [-0.05, 0) is 6.92 Å². The van der Waals surface area contributed by atoms with Gasteiger partial charge < -0.3 is 15.8 Å². The summed E-state index contributed by atoms with van der Waals surface area (Å²) >= 11 is 5.69. The number of rotatable bonds is 5. The Bertz CT molecular complexity index is 274. The Morgan fingerprint density at radius 1 is 1.57 bits per heavy atom. The second-order valence-electron chi connectivity index (χ2n) is 2.56. The monoisotopic (exact) mass is 216 g/mol. The molecular weight excluding hydrogens is 204 g/mol. The van der Waals surface area contributed by atoms with E-state index in [9.17, 15) is 0 Å². The number of nitrogens with zero attached hydrogens (tertiary/aromatic N) is 2. The molecule has 0 fully saturated rings. The summed E-state index contributed by atoms with van der Waals surface area (Å²) < 4.78 is 5.15. The van der Waals surface area contributed by atoms with Crippen LogP contribution in [-0.4, -0.2) is 29.7 Å². The van der Waals surface area contributed by atoms with E-state index in [0.717, 1.165) is 0 Å². The van der Waals surface area contributed by atoms with E-state index in [0.29, 0.717) is 30.7 Å². The second-order valence-corrected chi connectivity index (χ2v) is 2.95. The molecule has 0 atom stereocenters. The molecule has 0 spiro atoms. The summed E-state index contributed by atoms with van der Waals surface area (Å²) in [6.45, 7) is 3.94. The molecule has 3 N–H and O–H groups in total. The van der Waals surface area contributed by atoms with Gasteiger partial charge in [-0.25, -0.2) is 4.98 Å². The molecule has 5 nitrogen and oxygen atoms in total. The van der Waals surface area contributed by atoms with Gasteiger partial charge in [0, 0.05) is 19.2 Å². The number of hydrogen-bond donors (Lipinski definition) is 2. The van der Waals surface area contributed by atoms with Crippen molar-refractivity contribution < 1.29 is 4.74 Å². The minimum atomic E-state index is 0.163. The highest BCUT2D eigenvalue weighted by molar-refractivity contribution is 6.29. The maximum atomic E-state index is 5.69. The number of anilines is 2. The smallest absolute Gasteiger partial charge is 0.223 e. The molecule has 0 unspecified atom stereocenters. The van der Waals surface area contributed by atoms with Gasteiger partial charge in [-0.2, -0.15) is 4.98 Å². The van der Waals surface area contributed by atoms with Crippen molar-refractivity contribution in [1.29, 1.82) is 0 Å². The van der Waals surface area contributed by atoms with E-state index in [1.54, 1.807) is 6.07 Å². The largest absolute Gasteiger partial charge is 0.380 e. The fraction of sp³-hybridized carbons (Fsp3) is 0.500. The first kappa shape index (κ1) is 11.0. The van der Waals surface area contributed by atoms with Crippen LogP contribution in [0, 0.1) is 0 Å². The molecule has 1 heterocycles. The van der Waals surface area contributed by atoms with Gasteiger partial charge in [0.2, 0.25) is 5.95 Å². The Balaban J connectivity index is 2.42. The third-order valence-corrected chi connectivity index (χ3v) is 1.66. The summed E-state index contributed by atoms with van der Waals surface area (Å²) in [5.74, 6) is 0.776. The Morgan fingerprint density at radius 3 is 3.00 bits per heavy atom. The SMILES string of the molecule is CCOCCNc1cc(Cl)nc(N)n1. The highest BCUT2D eigenvalue weighted by Crippen LogP contribution is 2.11. The van der Waals surface area contributed by atoms with Gasteiger partial charge in [-0.15, -0.1) is 0 Å². The molecule has 1 aromatic rings. The second kappa shape index (κ2) is 5.62. The van der Waals surface area contributed by atoms with Crippen molar-refractivity contribution in [2.24, 2.45) is 0 Å². The first-order valence-corrected chi connectivity index (χ1v) is 4.72. The molecule has 0 saturated carbocycles. The van der Waals surface area contributed by atoms with Crippen LogP contribution in [0.3, 0.4) is 0 Å². The van der Waals surface area contributed by atoms with E-state index in [4.69, 9.17) is 22.1 Å². The Morgan fingerprint density at radius 2 is 2.36 bits per heavy atom. The van der Waals surface area contributed by atoms with E-state index >= 15 is 0 Å². The minimum absolute atomic E-state index is 0.163. The van der Waals surface area contributed by atoms with Crippen LogP contribution in [-0.2, 0) is 4.74 Å². The number of hydrogen-bond acceptors (Lipinski definition) is 5. The summed E-state index contributed by atoms with van der Waals surface area (Å²) in [6, 6.07) is 1.61. The van der Waals surface area contributed by atoms with Gasteiger partial charge in [-0.1, -0.05) is 11.6 Å². The summed E-state index contributed by atoms with van der Waals surface area (Å²) in [7, 11) is 0. The number of nitrogen functional groups attached to an aromatic ring is 1. The molecule has 0 aliphatic heterocycles. The molecule has 0 aromatic carbocycles. The van der Waals surface area contributed by atoms with Crippen molar-refractivity contribution in [2.75, 3.05) is 30.8 Å². The summed E-state index contributed by atoms with van der Waals surface area (Å²) in [6.07, 6.45) is 0. The molecule has 6 heteroatoms. The molecule has 78 valence electrons. The lowest BCUT2D eigenvalue weighted by atomic mass is 10.5. The first-order valence-electron chi connectivity index (χ1n) is 4.34. The minimum Gasteiger partial charge on any atom is -0.380 e. The maximum Gasteiger partial charge on any atom is 0.223 e. The molecule has 1 rings (SSSR count). The van der Waals surface area contributed by atoms with E-state index in [1.807, 2.05) is 6.92 Å². The summed E-state index contributed by atoms with van der Waals surface area (Å²) in [4.78, 5) is 7.69. The average molecular weight is 217 g/mol. The number of halogens is 1. The number of nitrogens with one attached hydrogen (secondary N) is 1. The van der Waals surface area contributed by atoms with Gasteiger partial charge in [-0.3, -0.25) is 0 Å². The molecule has 1 aromatic heterocycles. The van der Waals surface area contributed by atoms with Crippen LogP contribution >= 0.6 is 11.6 Å². The quantitative estimate of drug-likeness (QED) is 0.571. The molecular formula is C8H13ClN4O. The van der Waals surface area contributed by atoms with Crippen molar-refractivity contribution >= 4 is 23.4 Å². The van der Waals surface area contributed by atoms with Crippen molar-refractivity contribution in [3.8, 4) is 0 Å². The normalized spacial score (nSPS) is 10.1. The van der Waals surface area contributed by atoms with Gasteiger partial charge in [0.15, 0.2) is 0 Å². The maximum absolute atomic E-state index is 5.69. The van der Waals surface area contributed by atoms with Crippen LogP contribution in [0.2, 0.25) is 5.15 Å². The first-order chi connectivity index (χ1) is 6.72. The highest BCUT2D eigenvalue weighted by Gasteiger charge is 1.98. The third kappa shape index (κ3) is 3.76. The molecule has 0 saturated heterocycles. The van der Waals surface area contributed by atoms with Crippen LogP contribution in [0.1, 0.15) is 6.92 Å². The van der Waals surface area contributed by atoms with Crippen LogP contribution in [0.15, 0.2) is 6.07 Å². The van der Waals surface area contributed by atoms with Gasteiger partial charge in [0.25, 0.3) is 0 Å². The van der Waals surface area contributed by atoms with Crippen LogP contribution in [0.4, 0.5) is 11.8 Å². The van der Waals surface area contributed by atoms with E-state index in [1.165, 1.54) is 0 Å². The van der Waals surface area contributed by atoms with Crippen LogP contribution < -0.4 is 11.1 Å². The molecule has 0 aliphatic rings. The summed E-state index contributed by atoms with van der Waals surface area (Å²) in [5.41, 5.74) is 5.41. The lowest BCUT2D eigenvalue weighted by Gasteiger charge is -2.05. The lowest BCUT2D eigenvalue weighted by molar-refractivity contribution is 0.158. The Hall–Kier alpha value is -1.07. The number of nitrogens with two attached hydrogens (primary N) is 1. The van der Waals surface area contributed by atoms with Crippen molar-refractivity contribution in [3.05, 3.63) is 11.2 Å². The topological polar surface area (TPSA) is 73.1 Å². The predicted octanol–water partition coefficient (Wildman–Crippen LogP) is 1.16. The van der Waals surface area contributed by atoms with Crippen LogP contribution in [0.5, 0.6) is 0 Å². The average Bonchev–Trinajstić information content (AvgIpc) is 2.11. The van der Waals surface area contributed by atoms with Crippen molar-refractivity contribution in [1.82, 2.24) is 9.97 Å². The highest BCUT2D eigenvalue weighted by atomic mass is 35.5. The van der Waals surface area contributed by atoms with Gasteiger partial charge in [0.05, 0.1) is 6.61 Å². The fourth-order valence-corrected chi connectivity index (χ4v) is 1.11. The molecule has 0 radical (unpaired) electrons. The Labute approximate surface area is 87.6 Å².